The predicted octanol–water partition coefficient (Wildman–Crippen LogP) is 3.87. The quantitative estimate of drug-likeness (QED) is 0.848. The van der Waals surface area contributed by atoms with Gasteiger partial charge in [-0.25, -0.2) is 0 Å². The molecule has 1 aromatic carbocycles. The molecule has 0 saturated heterocycles. The fraction of sp³-hybridized carbons (Fsp3) is 0.278. The van der Waals surface area contributed by atoms with E-state index in [1.54, 1.807) is 0 Å². The first-order valence-electron chi connectivity index (χ1n) is 7.30. The summed E-state index contributed by atoms with van der Waals surface area (Å²) in [5.74, 6) is 0. The van der Waals surface area contributed by atoms with Gasteiger partial charge < -0.3 is 5.32 Å². The molecule has 0 amide bonds. The number of nitrogens with zero attached hydrogens (tertiary/aromatic N) is 1. The van der Waals surface area contributed by atoms with Crippen LogP contribution in [0.5, 0.6) is 0 Å². The summed E-state index contributed by atoms with van der Waals surface area (Å²) in [6.45, 7) is 0. The van der Waals surface area contributed by atoms with E-state index in [-0.39, 0.29) is 6.04 Å². The van der Waals surface area contributed by atoms with Crippen LogP contribution in [0.25, 0.3) is 0 Å². The van der Waals surface area contributed by atoms with E-state index in [0.29, 0.717) is 6.04 Å². The van der Waals surface area contributed by atoms with Crippen molar-refractivity contribution in [3.63, 3.8) is 0 Å². The van der Waals surface area contributed by atoms with E-state index < -0.39 is 0 Å². The highest BCUT2D eigenvalue weighted by Crippen LogP contribution is 2.23. The molecule has 2 aromatic rings. The lowest BCUT2D eigenvalue weighted by molar-refractivity contribution is 0.435. The van der Waals surface area contributed by atoms with Crippen molar-refractivity contribution < 1.29 is 0 Å². The van der Waals surface area contributed by atoms with Crippen LogP contribution in [0.1, 0.15) is 36.6 Å². The van der Waals surface area contributed by atoms with Gasteiger partial charge >= 0.3 is 0 Å². The Hall–Kier alpha value is -1.93. The molecule has 1 aliphatic carbocycles. The zero-order valence-electron chi connectivity index (χ0n) is 11.6. The number of hydrogen-bond donors (Lipinski definition) is 1. The van der Waals surface area contributed by atoms with E-state index in [2.05, 4.69) is 64.9 Å². The average molecular weight is 264 g/mol. The molecule has 1 aliphatic rings. The summed E-state index contributed by atoms with van der Waals surface area (Å²) in [5, 5.41) is 3.77. The topological polar surface area (TPSA) is 24.9 Å². The molecule has 0 fully saturated rings. The minimum absolute atomic E-state index is 0.175. The Kier molecular flexibility index (Phi) is 4.24. The van der Waals surface area contributed by atoms with E-state index in [4.69, 9.17) is 0 Å². The van der Waals surface area contributed by atoms with Crippen molar-refractivity contribution >= 4 is 0 Å². The smallest absolute Gasteiger partial charge is 0.0753 e. The highest BCUT2D eigenvalue weighted by molar-refractivity contribution is 5.27. The number of hydrogen-bond acceptors (Lipinski definition) is 2. The van der Waals surface area contributed by atoms with Crippen LogP contribution in [0, 0.1) is 0 Å². The third-order valence-corrected chi connectivity index (χ3v) is 3.79. The minimum atomic E-state index is 0.175. The molecule has 0 bridgehead atoms. The number of rotatable bonds is 4. The molecular formula is C18H20N2. The van der Waals surface area contributed by atoms with Crippen molar-refractivity contribution in [2.24, 2.45) is 0 Å². The zero-order valence-corrected chi connectivity index (χ0v) is 11.6. The molecule has 0 spiro atoms. The van der Waals surface area contributed by atoms with Crippen molar-refractivity contribution in [2.45, 2.75) is 31.3 Å². The normalized spacial score (nSPS) is 19.7. The highest BCUT2D eigenvalue weighted by atomic mass is 15.0. The van der Waals surface area contributed by atoms with Gasteiger partial charge in [-0.3, -0.25) is 4.98 Å². The maximum absolute atomic E-state index is 4.54. The van der Waals surface area contributed by atoms with Gasteiger partial charge in [0.15, 0.2) is 0 Å². The molecule has 102 valence electrons. The fourth-order valence-electron chi connectivity index (χ4n) is 2.73. The maximum Gasteiger partial charge on any atom is 0.0753 e. The Morgan fingerprint density at radius 1 is 1.00 bits per heavy atom. The minimum Gasteiger partial charge on any atom is -0.302 e. The summed E-state index contributed by atoms with van der Waals surface area (Å²) in [4.78, 5) is 4.54. The second-order valence-corrected chi connectivity index (χ2v) is 5.25. The summed E-state index contributed by atoms with van der Waals surface area (Å²) >= 11 is 0. The van der Waals surface area contributed by atoms with Crippen LogP contribution in [-0.4, -0.2) is 11.0 Å². The monoisotopic (exact) mass is 264 g/mol. The molecule has 2 nitrogen and oxygen atoms in total. The second kappa shape index (κ2) is 6.49. The molecule has 2 atom stereocenters. The van der Waals surface area contributed by atoms with Crippen LogP contribution in [0.4, 0.5) is 0 Å². The van der Waals surface area contributed by atoms with Crippen LogP contribution in [0.2, 0.25) is 0 Å². The lowest BCUT2D eigenvalue weighted by atomic mass is 9.97. The molecule has 0 aliphatic heterocycles. The van der Waals surface area contributed by atoms with Gasteiger partial charge in [-0.05, 0) is 37.0 Å². The summed E-state index contributed by atoms with van der Waals surface area (Å²) in [5.41, 5.74) is 2.37. The summed E-state index contributed by atoms with van der Waals surface area (Å²) in [6.07, 6.45) is 9.90. The van der Waals surface area contributed by atoms with Crippen molar-refractivity contribution in [2.75, 3.05) is 0 Å². The fourth-order valence-corrected chi connectivity index (χ4v) is 2.73. The van der Waals surface area contributed by atoms with E-state index in [0.717, 1.165) is 12.1 Å². The Morgan fingerprint density at radius 2 is 1.85 bits per heavy atom. The highest BCUT2D eigenvalue weighted by Gasteiger charge is 2.19. The van der Waals surface area contributed by atoms with Crippen LogP contribution in [0.3, 0.4) is 0 Å². The van der Waals surface area contributed by atoms with Gasteiger partial charge in [0, 0.05) is 12.2 Å². The third kappa shape index (κ3) is 3.14. The van der Waals surface area contributed by atoms with Crippen molar-refractivity contribution in [1.29, 1.82) is 0 Å². The van der Waals surface area contributed by atoms with E-state index >= 15 is 0 Å². The second-order valence-electron chi connectivity index (χ2n) is 5.25. The zero-order chi connectivity index (χ0) is 13.6. The molecule has 1 aromatic heterocycles. The van der Waals surface area contributed by atoms with E-state index in [9.17, 15) is 0 Å². The van der Waals surface area contributed by atoms with E-state index in [1.807, 2.05) is 12.3 Å². The number of nitrogens with one attached hydrogen (secondary N) is 1. The summed E-state index contributed by atoms with van der Waals surface area (Å²) < 4.78 is 0. The lowest BCUT2D eigenvalue weighted by Gasteiger charge is -2.26. The van der Waals surface area contributed by atoms with Crippen molar-refractivity contribution in [1.82, 2.24) is 10.3 Å². The van der Waals surface area contributed by atoms with Crippen molar-refractivity contribution in [3.05, 3.63) is 78.1 Å². The number of aromatic nitrogens is 1. The first-order chi connectivity index (χ1) is 9.93. The standard InChI is InChI=1S/C18H20N2/c1-3-9-15(10-4-1)18(17-13-7-8-14-19-17)20-16-11-5-2-6-12-16/h1-5,7-10,13-14,16,18,20H,6,11-12H2. The summed E-state index contributed by atoms with van der Waals surface area (Å²) in [6, 6.07) is 17.4. The maximum atomic E-state index is 4.54. The van der Waals surface area contributed by atoms with Crippen LogP contribution >= 0.6 is 0 Å². The lowest BCUT2D eigenvalue weighted by Crippen LogP contribution is -2.34. The van der Waals surface area contributed by atoms with E-state index in [1.165, 1.54) is 18.4 Å². The molecule has 3 rings (SSSR count). The van der Waals surface area contributed by atoms with Gasteiger partial charge in [0.2, 0.25) is 0 Å². The van der Waals surface area contributed by atoms with Crippen LogP contribution in [-0.2, 0) is 0 Å². The molecule has 1 N–H and O–H groups in total. The Morgan fingerprint density at radius 3 is 2.55 bits per heavy atom. The molecular weight excluding hydrogens is 244 g/mol. The van der Waals surface area contributed by atoms with Gasteiger partial charge in [0.25, 0.3) is 0 Å². The number of benzene rings is 1. The Balaban J connectivity index is 1.86. The first kappa shape index (κ1) is 13.1. The molecule has 0 saturated carbocycles. The molecule has 20 heavy (non-hydrogen) atoms. The number of allylic oxidation sites excluding steroid dienone is 1. The summed E-state index contributed by atoms with van der Waals surface area (Å²) in [7, 11) is 0. The SMILES string of the molecule is C1=CCC(NC(c2ccccc2)c2ccccn2)CC1. The van der Waals surface area contributed by atoms with Crippen molar-refractivity contribution in [3.8, 4) is 0 Å². The van der Waals surface area contributed by atoms with Crippen LogP contribution in [0.15, 0.2) is 66.9 Å². The van der Waals surface area contributed by atoms with Gasteiger partial charge in [-0.15, -0.1) is 0 Å². The van der Waals surface area contributed by atoms with Gasteiger partial charge in [-0.2, -0.15) is 0 Å². The molecule has 1 heterocycles. The van der Waals surface area contributed by atoms with Gasteiger partial charge in [0.05, 0.1) is 11.7 Å². The third-order valence-electron chi connectivity index (χ3n) is 3.79. The van der Waals surface area contributed by atoms with Crippen LogP contribution < -0.4 is 5.32 Å². The average Bonchev–Trinajstić information content (AvgIpc) is 2.55. The Bertz CT molecular complexity index is 509. The van der Waals surface area contributed by atoms with Gasteiger partial charge in [-0.1, -0.05) is 48.6 Å². The first-order valence-corrected chi connectivity index (χ1v) is 7.30. The largest absolute Gasteiger partial charge is 0.302 e. The Labute approximate surface area is 120 Å². The predicted molar refractivity (Wildman–Crippen MR) is 82.4 cm³/mol. The van der Waals surface area contributed by atoms with Gasteiger partial charge in [0.1, 0.15) is 0 Å². The number of pyridine rings is 1. The molecule has 0 radical (unpaired) electrons. The molecule has 2 unspecified atom stereocenters. The molecule has 2 heteroatoms.